The predicted molar refractivity (Wildman–Crippen MR) is 81.2 cm³/mol. The molecule has 2 rings (SSSR count). The van der Waals surface area contributed by atoms with Gasteiger partial charge in [-0.1, -0.05) is 19.8 Å². The Morgan fingerprint density at radius 1 is 1.00 bits per heavy atom. The zero-order valence-electron chi connectivity index (χ0n) is 13.1. The van der Waals surface area contributed by atoms with E-state index < -0.39 is 5.97 Å². The Balaban J connectivity index is 1.82. The molecule has 2 aliphatic rings. The minimum atomic E-state index is -0.723. The van der Waals surface area contributed by atoms with E-state index in [9.17, 15) is 9.59 Å². The molecule has 0 bridgehead atoms. The molecular weight excluding hydrogens is 268 g/mol. The molecule has 120 valence electrons. The number of piperidine rings is 1. The molecule has 1 N–H and O–H groups in total. The summed E-state index contributed by atoms with van der Waals surface area (Å²) in [6.45, 7) is 5.12. The maximum atomic E-state index is 12.6. The van der Waals surface area contributed by atoms with Gasteiger partial charge in [0, 0.05) is 26.2 Å². The summed E-state index contributed by atoms with van der Waals surface area (Å²) in [5.74, 6) is -0.225. The number of rotatable bonds is 3. The summed E-state index contributed by atoms with van der Waals surface area (Å²) in [7, 11) is 0. The highest BCUT2D eigenvalue weighted by Gasteiger charge is 2.30. The number of urea groups is 1. The Morgan fingerprint density at radius 2 is 1.62 bits per heavy atom. The normalized spacial score (nSPS) is 24.7. The van der Waals surface area contributed by atoms with Gasteiger partial charge < -0.3 is 14.9 Å². The summed E-state index contributed by atoms with van der Waals surface area (Å²) in [5, 5.41) is 9.01. The number of carboxylic acids is 1. The van der Waals surface area contributed by atoms with Crippen molar-refractivity contribution < 1.29 is 14.7 Å². The fourth-order valence-corrected chi connectivity index (χ4v) is 3.57. The van der Waals surface area contributed by atoms with Gasteiger partial charge in [-0.3, -0.25) is 4.79 Å². The average molecular weight is 296 g/mol. The van der Waals surface area contributed by atoms with Gasteiger partial charge in [-0.15, -0.1) is 0 Å². The Kier molecular flexibility index (Phi) is 5.88. The van der Waals surface area contributed by atoms with Crippen molar-refractivity contribution in [1.82, 2.24) is 9.80 Å². The first-order valence-electron chi connectivity index (χ1n) is 8.38. The second-order valence-electron chi connectivity index (χ2n) is 6.45. The number of aliphatic carboxylic acids is 1. The van der Waals surface area contributed by atoms with Gasteiger partial charge in [0.2, 0.25) is 0 Å². The van der Waals surface area contributed by atoms with Crippen LogP contribution in [0.25, 0.3) is 0 Å². The lowest BCUT2D eigenvalue weighted by atomic mass is 9.96. The topological polar surface area (TPSA) is 60.9 Å². The molecule has 5 heteroatoms. The molecule has 2 fully saturated rings. The molecule has 0 aromatic heterocycles. The summed E-state index contributed by atoms with van der Waals surface area (Å²) in [4.78, 5) is 27.3. The van der Waals surface area contributed by atoms with E-state index in [4.69, 9.17) is 5.11 Å². The highest BCUT2D eigenvalue weighted by molar-refractivity contribution is 5.75. The molecule has 2 saturated heterocycles. The Hall–Kier alpha value is -1.26. The fraction of sp³-hybridized carbons (Fsp3) is 0.875. The van der Waals surface area contributed by atoms with Crippen LogP contribution in [0.2, 0.25) is 0 Å². The molecular formula is C16H28N2O3. The van der Waals surface area contributed by atoms with Crippen molar-refractivity contribution >= 4 is 12.0 Å². The van der Waals surface area contributed by atoms with Crippen LogP contribution in [0.5, 0.6) is 0 Å². The first-order chi connectivity index (χ1) is 10.1. The number of hydrogen-bond donors (Lipinski definition) is 1. The minimum absolute atomic E-state index is 0.121. The van der Waals surface area contributed by atoms with E-state index >= 15 is 0 Å². The van der Waals surface area contributed by atoms with Crippen LogP contribution in [0.4, 0.5) is 4.79 Å². The van der Waals surface area contributed by atoms with Crippen molar-refractivity contribution in [3.05, 3.63) is 0 Å². The monoisotopic (exact) mass is 296 g/mol. The third-order valence-corrected chi connectivity index (χ3v) is 4.93. The molecule has 2 heterocycles. The van der Waals surface area contributed by atoms with E-state index in [0.29, 0.717) is 25.9 Å². The van der Waals surface area contributed by atoms with Gasteiger partial charge in [0.1, 0.15) is 0 Å². The van der Waals surface area contributed by atoms with Gasteiger partial charge in [-0.2, -0.15) is 0 Å². The van der Waals surface area contributed by atoms with E-state index in [1.165, 1.54) is 19.3 Å². The zero-order valence-corrected chi connectivity index (χ0v) is 13.1. The molecule has 5 nitrogen and oxygen atoms in total. The molecule has 0 aromatic rings. The molecule has 0 aromatic carbocycles. The average Bonchev–Trinajstić information content (AvgIpc) is 2.73. The zero-order chi connectivity index (χ0) is 15.2. The number of amides is 2. The molecule has 0 spiro atoms. The van der Waals surface area contributed by atoms with Gasteiger partial charge in [0.05, 0.1) is 5.92 Å². The van der Waals surface area contributed by atoms with E-state index in [1.807, 2.05) is 9.80 Å². The standard InChI is InChI=1S/C16H28N2O3/c1-2-4-13-5-3-9-17(10-6-13)16(21)18-11-7-14(8-12-18)15(19)20/h13-14H,2-12H2,1H3,(H,19,20). The van der Waals surface area contributed by atoms with Crippen molar-refractivity contribution in [1.29, 1.82) is 0 Å². The van der Waals surface area contributed by atoms with Gasteiger partial charge >= 0.3 is 12.0 Å². The summed E-state index contributed by atoms with van der Waals surface area (Å²) in [5.41, 5.74) is 0. The number of carbonyl (C=O) groups excluding carboxylic acids is 1. The Bertz CT molecular complexity index is 365. The smallest absolute Gasteiger partial charge is 0.319 e. The van der Waals surface area contributed by atoms with Crippen LogP contribution in [0.15, 0.2) is 0 Å². The van der Waals surface area contributed by atoms with Gasteiger partial charge in [-0.25, -0.2) is 4.79 Å². The number of likely N-dealkylation sites (tertiary alicyclic amines) is 2. The predicted octanol–water partition coefficient (Wildman–Crippen LogP) is 2.81. The van der Waals surface area contributed by atoms with Crippen LogP contribution in [-0.4, -0.2) is 53.1 Å². The molecule has 0 aliphatic carbocycles. The minimum Gasteiger partial charge on any atom is -0.481 e. The summed E-state index contributed by atoms with van der Waals surface area (Å²) >= 11 is 0. The summed E-state index contributed by atoms with van der Waals surface area (Å²) in [6, 6.07) is 0.121. The van der Waals surface area contributed by atoms with E-state index in [-0.39, 0.29) is 11.9 Å². The highest BCUT2D eigenvalue weighted by atomic mass is 16.4. The first-order valence-corrected chi connectivity index (χ1v) is 8.38. The van der Waals surface area contributed by atoms with Crippen LogP contribution in [0, 0.1) is 11.8 Å². The van der Waals surface area contributed by atoms with Crippen LogP contribution >= 0.6 is 0 Å². The number of carboxylic acid groups (broad SMARTS) is 1. The number of nitrogens with zero attached hydrogens (tertiary/aromatic N) is 2. The maximum absolute atomic E-state index is 12.6. The fourth-order valence-electron chi connectivity index (χ4n) is 3.57. The second-order valence-corrected chi connectivity index (χ2v) is 6.45. The number of hydrogen-bond acceptors (Lipinski definition) is 2. The number of carbonyl (C=O) groups is 2. The molecule has 2 aliphatic heterocycles. The summed E-state index contributed by atoms with van der Waals surface area (Å²) in [6.07, 6.45) is 7.12. The van der Waals surface area contributed by atoms with E-state index in [2.05, 4.69) is 6.92 Å². The molecule has 1 atom stereocenters. The first kappa shape index (κ1) is 16.1. The van der Waals surface area contributed by atoms with Crippen molar-refractivity contribution in [3.63, 3.8) is 0 Å². The van der Waals surface area contributed by atoms with E-state index in [1.54, 1.807) is 0 Å². The van der Waals surface area contributed by atoms with Gasteiger partial charge in [0.15, 0.2) is 0 Å². The van der Waals surface area contributed by atoms with E-state index in [0.717, 1.165) is 31.8 Å². The Morgan fingerprint density at radius 3 is 2.24 bits per heavy atom. The third-order valence-electron chi connectivity index (χ3n) is 4.93. The van der Waals surface area contributed by atoms with Gasteiger partial charge in [-0.05, 0) is 38.0 Å². The lowest BCUT2D eigenvalue weighted by molar-refractivity contribution is -0.143. The lowest BCUT2D eigenvalue weighted by Crippen LogP contribution is -2.47. The van der Waals surface area contributed by atoms with Crippen LogP contribution in [-0.2, 0) is 4.79 Å². The molecule has 21 heavy (non-hydrogen) atoms. The van der Waals surface area contributed by atoms with Crippen LogP contribution < -0.4 is 0 Å². The lowest BCUT2D eigenvalue weighted by Gasteiger charge is -2.34. The van der Waals surface area contributed by atoms with Crippen molar-refractivity contribution in [2.45, 2.75) is 51.9 Å². The SMILES string of the molecule is CCCC1CCCN(C(=O)N2CCC(C(=O)O)CC2)CC1. The van der Waals surface area contributed by atoms with Crippen LogP contribution in [0.1, 0.15) is 51.9 Å². The molecule has 2 amide bonds. The largest absolute Gasteiger partial charge is 0.481 e. The maximum Gasteiger partial charge on any atom is 0.319 e. The Labute approximate surface area is 127 Å². The highest BCUT2D eigenvalue weighted by Crippen LogP contribution is 2.24. The van der Waals surface area contributed by atoms with Crippen molar-refractivity contribution in [2.75, 3.05) is 26.2 Å². The third kappa shape index (κ3) is 4.35. The molecule has 0 saturated carbocycles. The van der Waals surface area contributed by atoms with Crippen molar-refractivity contribution in [3.8, 4) is 0 Å². The van der Waals surface area contributed by atoms with Crippen molar-refractivity contribution in [2.24, 2.45) is 11.8 Å². The second kappa shape index (κ2) is 7.66. The molecule has 0 radical (unpaired) electrons. The van der Waals surface area contributed by atoms with Gasteiger partial charge in [0.25, 0.3) is 0 Å². The summed E-state index contributed by atoms with van der Waals surface area (Å²) < 4.78 is 0. The van der Waals surface area contributed by atoms with Crippen LogP contribution in [0.3, 0.4) is 0 Å². The quantitative estimate of drug-likeness (QED) is 0.871. The molecule has 1 unspecified atom stereocenters.